The Labute approximate surface area is 160 Å². The zero-order valence-electron chi connectivity index (χ0n) is 15.7. The smallest absolute Gasteiger partial charge is 0.243 e. The molecular formula is C18H27N3O5S. The van der Waals surface area contributed by atoms with Gasteiger partial charge in [0.15, 0.2) is 0 Å². The Morgan fingerprint density at radius 2 is 2.04 bits per heavy atom. The first-order valence-corrected chi connectivity index (χ1v) is 10.5. The van der Waals surface area contributed by atoms with Crippen molar-refractivity contribution >= 4 is 21.8 Å². The third kappa shape index (κ3) is 6.02. The van der Waals surface area contributed by atoms with Gasteiger partial charge >= 0.3 is 0 Å². The van der Waals surface area contributed by atoms with Gasteiger partial charge in [0.25, 0.3) is 0 Å². The van der Waals surface area contributed by atoms with Gasteiger partial charge < -0.3 is 15.4 Å². The van der Waals surface area contributed by atoms with Crippen LogP contribution in [0.2, 0.25) is 0 Å². The van der Waals surface area contributed by atoms with Gasteiger partial charge in [-0.2, -0.15) is 4.31 Å². The SMILES string of the molecule is CC(C)OCCCNC(=O)C[C@@H]1C(=O)NCCN1S(=O)(=O)c1ccccc1. The molecule has 0 unspecified atom stereocenters. The van der Waals surface area contributed by atoms with Crippen LogP contribution in [-0.4, -0.2) is 62.9 Å². The Bertz CT molecular complexity index is 737. The number of ether oxygens (including phenoxy) is 1. The van der Waals surface area contributed by atoms with Crippen molar-refractivity contribution in [3.05, 3.63) is 30.3 Å². The molecule has 27 heavy (non-hydrogen) atoms. The molecule has 2 N–H and O–H groups in total. The van der Waals surface area contributed by atoms with Crippen molar-refractivity contribution in [2.45, 2.75) is 43.7 Å². The highest BCUT2D eigenvalue weighted by atomic mass is 32.2. The van der Waals surface area contributed by atoms with Crippen molar-refractivity contribution in [3.8, 4) is 0 Å². The third-order valence-electron chi connectivity index (χ3n) is 4.10. The second kappa shape index (κ2) is 9.82. The monoisotopic (exact) mass is 397 g/mol. The lowest BCUT2D eigenvalue weighted by atomic mass is 10.1. The fourth-order valence-electron chi connectivity index (χ4n) is 2.77. The quantitative estimate of drug-likeness (QED) is 0.591. The van der Waals surface area contributed by atoms with Crippen molar-refractivity contribution in [3.63, 3.8) is 0 Å². The van der Waals surface area contributed by atoms with E-state index in [1.807, 2.05) is 13.8 Å². The predicted octanol–water partition coefficient (Wildman–Crippen LogP) is 0.497. The second-order valence-electron chi connectivity index (χ2n) is 6.56. The second-order valence-corrected chi connectivity index (χ2v) is 8.45. The van der Waals surface area contributed by atoms with Gasteiger partial charge in [0.1, 0.15) is 6.04 Å². The number of carbonyl (C=O) groups excluding carboxylic acids is 2. The minimum atomic E-state index is -3.86. The van der Waals surface area contributed by atoms with E-state index < -0.39 is 22.0 Å². The minimum Gasteiger partial charge on any atom is -0.379 e. The van der Waals surface area contributed by atoms with Crippen LogP contribution in [0.25, 0.3) is 0 Å². The Morgan fingerprint density at radius 3 is 2.70 bits per heavy atom. The van der Waals surface area contributed by atoms with Crippen LogP contribution in [0.1, 0.15) is 26.7 Å². The molecule has 1 atom stereocenters. The summed E-state index contributed by atoms with van der Waals surface area (Å²) in [7, 11) is -3.86. The lowest BCUT2D eigenvalue weighted by Crippen LogP contribution is -2.58. The summed E-state index contributed by atoms with van der Waals surface area (Å²) in [6, 6.07) is 6.86. The van der Waals surface area contributed by atoms with E-state index >= 15 is 0 Å². The first-order chi connectivity index (χ1) is 12.8. The Morgan fingerprint density at radius 1 is 1.33 bits per heavy atom. The van der Waals surface area contributed by atoms with Gasteiger partial charge in [-0.25, -0.2) is 8.42 Å². The van der Waals surface area contributed by atoms with Crippen LogP contribution in [0, 0.1) is 0 Å². The summed E-state index contributed by atoms with van der Waals surface area (Å²) in [5.41, 5.74) is 0. The average Bonchev–Trinajstić information content (AvgIpc) is 2.63. The maximum Gasteiger partial charge on any atom is 0.243 e. The number of hydrogen-bond acceptors (Lipinski definition) is 5. The summed E-state index contributed by atoms with van der Waals surface area (Å²) in [5.74, 6) is -0.825. The molecule has 1 aliphatic heterocycles. The lowest BCUT2D eigenvalue weighted by molar-refractivity contribution is -0.131. The molecule has 8 nitrogen and oxygen atoms in total. The normalized spacial score (nSPS) is 18.3. The van der Waals surface area contributed by atoms with E-state index in [1.54, 1.807) is 18.2 Å². The molecule has 1 fully saturated rings. The van der Waals surface area contributed by atoms with Gasteiger partial charge in [-0.05, 0) is 32.4 Å². The number of carbonyl (C=O) groups is 2. The van der Waals surface area contributed by atoms with Gasteiger partial charge in [-0.1, -0.05) is 18.2 Å². The molecule has 0 spiro atoms. The van der Waals surface area contributed by atoms with E-state index in [0.29, 0.717) is 19.6 Å². The van der Waals surface area contributed by atoms with Crippen molar-refractivity contribution in [1.82, 2.24) is 14.9 Å². The van der Waals surface area contributed by atoms with Crippen LogP contribution in [0.5, 0.6) is 0 Å². The van der Waals surface area contributed by atoms with E-state index in [4.69, 9.17) is 4.74 Å². The van der Waals surface area contributed by atoms with E-state index in [2.05, 4.69) is 10.6 Å². The molecule has 0 radical (unpaired) electrons. The molecular weight excluding hydrogens is 370 g/mol. The molecule has 1 saturated heterocycles. The number of amides is 2. The summed E-state index contributed by atoms with van der Waals surface area (Å²) >= 11 is 0. The van der Waals surface area contributed by atoms with Crippen molar-refractivity contribution < 1.29 is 22.7 Å². The van der Waals surface area contributed by atoms with E-state index in [0.717, 1.165) is 4.31 Å². The standard InChI is InChI=1S/C18H27N3O5S/c1-14(2)26-12-6-9-19-17(22)13-16-18(23)20-10-11-21(16)27(24,25)15-7-4-3-5-8-15/h3-5,7-8,14,16H,6,9-13H2,1-2H3,(H,19,22)(H,20,23)/t16-/m1/s1. The molecule has 1 heterocycles. The molecule has 1 aromatic rings. The first kappa shape index (κ1) is 21.3. The maximum atomic E-state index is 12.9. The van der Waals surface area contributed by atoms with E-state index in [-0.39, 0.29) is 36.4 Å². The highest BCUT2D eigenvalue weighted by molar-refractivity contribution is 7.89. The summed E-state index contributed by atoms with van der Waals surface area (Å²) in [5, 5.41) is 5.35. The van der Waals surface area contributed by atoms with Crippen LogP contribution in [0.4, 0.5) is 0 Å². The Hall–Kier alpha value is -1.97. The molecule has 150 valence electrons. The van der Waals surface area contributed by atoms with Gasteiger partial charge in [0, 0.05) is 26.2 Å². The van der Waals surface area contributed by atoms with Crippen molar-refractivity contribution in [1.29, 1.82) is 0 Å². The highest BCUT2D eigenvalue weighted by Crippen LogP contribution is 2.21. The van der Waals surface area contributed by atoms with Crippen LogP contribution in [0.3, 0.4) is 0 Å². The summed E-state index contributed by atoms with van der Waals surface area (Å²) < 4.78 is 32.3. The van der Waals surface area contributed by atoms with Gasteiger partial charge in [-0.3, -0.25) is 9.59 Å². The number of benzene rings is 1. The average molecular weight is 397 g/mol. The van der Waals surface area contributed by atoms with Gasteiger partial charge in [0.05, 0.1) is 17.4 Å². The van der Waals surface area contributed by atoms with Crippen LogP contribution in [-0.2, 0) is 24.3 Å². The summed E-state index contributed by atoms with van der Waals surface area (Å²) in [4.78, 5) is 24.6. The number of nitrogens with one attached hydrogen (secondary N) is 2. The van der Waals surface area contributed by atoms with Crippen molar-refractivity contribution in [2.75, 3.05) is 26.2 Å². The summed E-state index contributed by atoms with van der Waals surface area (Å²) in [6.07, 6.45) is 0.554. The molecule has 0 saturated carbocycles. The lowest BCUT2D eigenvalue weighted by Gasteiger charge is -2.33. The van der Waals surface area contributed by atoms with Crippen LogP contribution in [0.15, 0.2) is 35.2 Å². The molecule has 0 aliphatic carbocycles. The molecule has 0 bridgehead atoms. The number of sulfonamides is 1. The Balaban J connectivity index is 1.99. The van der Waals surface area contributed by atoms with Crippen LogP contribution >= 0.6 is 0 Å². The summed E-state index contributed by atoms with van der Waals surface area (Å²) in [6.45, 7) is 5.14. The predicted molar refractivity (Wildman–Crippen MR) is 100 cm³/mol. The van der Waals surface area contributed by atoms with Crippen molar-refractivity contribution in [2.24, 2.45) is 0 Å². The topological polar surface area (TPSA) is 105 Å². The highest BCUT2D eigenvalue weighted by Gasteiger charge is 2.39. The maximum absolute atomic E-state index is 12.9. The van der Waals surface area contributed by atoms with Gasteiger partial charge in [0.2, 0.25) is 21.8 Å². The molecule has 1 aromatic carbocycles. The number of nitrogens with zero attached hydrogens (tertiary/aromatic N) is 1. The van der Waals surface area contributed by atoms with E-state index in [1.165, 1.54) is 12.1 Å². The fourth-order valence-corrected chi connectivity index (χ4v) is 4.38. The number of rotatable bonds is 9. The largest absolute Gasteiger partial charge is 0.379 e. The van der Waals surface area contributed by atoms with Gasteiger partial charge in [-0.15, -0.1) is 0 Å². The first-order valence-electron chi connectivity index (χ1n) is 9.05. The molecule has 9 heteroatoms. The van der Waals surface area contributed by atoms with E-state index in [9.17, 15) is 18.0 Å². The molecule has 0 aromatic heterocycles. The number of piperazine rings is 1. The zero-order chi connectivity index (χ0) is 19.9. The van der Waals surface area contributed by atoms with Crippen LogP contribution < -0.4 is 10.6 Å². The fraction of sp³-hybridized carbons (Fsp3) is 0.556. The third-order valence-corrected chi connectivity index (χ3v) is 6.03. The Kier molecular flexibility index (Phi) is 7.76. The number of hydrogen-bond donors (Lipinski definition) is 2. The molecule has 2 amide bonds. The zero-order valence-corrected chi connectivity index (χ0v) is 16.5. The molecule has 2 rings (SSSR count). The molecule has 1 aliphatic rings. The minimum absolute atomic E-state index is 0.107.